The number of nitrogens with zero attached hydrogens (tertiary/aromatic N) is 3. The molecule has 2 heterocycles. The topological polar surface area (TPSA) is 28.1 Å². The molecule has 0 saturated carbocycles. The van der Waals surface area contributed by atoms with Gasteiger partial charge in [0.25, 0.3) is 0 Å². The van der Waals surface area contributed by atoms with Gasteiger partial charge in [-0.3, -0.25) is 9.85 Å². The maximum Gasteiger partial charge on any atom is 0.416 e. The molecular weight excluding hydrogens is 451 g/mol. The third-order valence-corrected chi connectivity index (χ3v) is 7.49. The molecule has 4 rings (SSSR count). The number of alkyl halides is 3. The van der Waals surface area contributed by atoms with Gasteiger partial charge in [0.2, 0.25) is 0 Å². The van der Waals surface area contributed by atoms with Gasteiger partial charge in [0.1, 0.15) is 0 Å². The quantitative estimate of drug-likeness (QED) is 0.443. The maximum atomic E-state index is 13.2. The lowest BCUT2D eigenvalue weighted by molar-refractivity contribution is -0.284. The zero-order chi connectivity index (χ0) is 25.6. The molecule has 1 fully saturated rings. The Balaban J connectivity index is 1.69. The van der Waals surface area contributed by atoms with Crippen LogP contribution >= 0.6 is 0 Å². The summed E-state index contributed by atoms with van der Waals surface area (Å²) in [5.74, 6) is 0. The molecule has 0 radical (unpaired) electrons. The van der Waals surface area contributed by atoms with Crippen LogP contribution in [-0.2, 0) is 11.0 Å². The van der Waals surface area contributed by atoms with Crippen molar-refractivity contribution in [1.29, 1.82) is 0 Å². The number of halogens is 3. The van der Waals surface area contributed by atoms with E-state index in [1.807, 2.05) is 35.3 Å². The second kappa shape index (κ2) is 8.93. The van der Waals surface area contributed by atoms with Crippen molar-refractivity contribution in [2.75, 3.05) is 11.6 Å². The molecule has 2 aromatic rings. The highest BCUT2D eigenvalue weighted by Crippen LogP contribution is 2.43. The number of hydroxylamine groups is 2. The standard InChI is InChI=1S/C28H36F3N3O/c1-25(2)17-10-18-26(3,4)34(25)35-19-23-27(5,6)24(20-11-8-7-9-12-20)32-33(23)22-15-13-21(14-16-22)28(29,30)31/h7-9,11-16,23H,10,17-19H2,1-6H3. The van der Waals surface area contributed by atoms with Gasteiger partial charge in [-0.05, 0) is 76.8 Å². The highest BCUT2D eigenvalue weighted by molar-refractivity contribution is 6.07. The summed E-state index contributed by atoms with van der Waals surface area (Å²) in [6.07, 6.45) is -1.15. The van der Waals surface area contributed by atoms with Crippen molar-refractivity contribution >= 4 is 11.4 Å². The molecule has 2 aliphatic heterocycles. The van der Waals surface area contributed by atoms with E-state index in [0.717, 1.165) is 42.7 Å². The van der Waals surface area contributed by atoms with Gasteiger partial charge < -0.3 is 0 Å². The van der Waals surface area contributed by atoms with Crippen LogP contribution in [0, 0.1) is 5.41 Å². The van der Waals surface area contributed by atoms with Crippen LogP contribution in [0.1, 0.15) is 71.9 Å². The number of hydrazone groups is 1. The SMILES string of the molecule is CC1(C)C(c2ccccc2)=NN(c2ccc(C(F)(F)F)cc2)C1CON1C(C)(C)CCCC1(C)C. The van der Waals surface area contributed by atoms with Crippen LogP contribution < -0.4 is 5.01 Å². The molecule has 0 aromatic heterocycles. The molecule has 2 aliphatic rings. The van der Waals surface area contributed by atoms with Gasteiger partial charge in [0.15, 0.2) is 0 Å². The van der Waals surface area contributed by atoms with Crippen molar-refractivity contribution in [1.82, 2.24) is 5.06 Å². The van der Waals surface area contributed by atoms with E-state index in [0.29, 0.717) is 12.3 Å². The number of hydrogen-bond donors (Lipinski definition) is 0. The lowest BCUT2D eigenvalue weighted by Crippen LogP contribution is -2.59. The van der Waals surface area contributed by atoms with E-state index in [-0.39, 0.29) is 17.1 Å². The monoisotopic (exact) mass is 487 g/mol. The average molecular weight is 488 g/mol. The van der Waals surface area contributed by atoms with Crippen LogP contribution in [0.4, 0.5) is 18.9 Å². The number of hydrogen-bond acceptors (Lipinski definition) is 4. The van der Waals surface area contributed by atoms with Crippen LogP contribution in [0.15, 0.2) is 59.7 Å². The normalized spacial score (nSPS) is 23.9. The molecule has 1 atom stereocenters. The zero-order valence-corrected chi connectivity index (χ0v) is 21.5. The first kappa shape index (κ1) is 25.7. The molecular formula is C28H36F3N3O. The molecule has 35 heavy (non-hydrogen) atoms. The predicted molar refractivity (Wildman–Crippen MR) is 134 cm³/mol. The van der Waals surface area contributed by atoms with Crippen LogP contribution in [0.3, 0.4) is 0 Å². The van der Waals surface area contributed by atoms with Gasteiger partial charge in [-0.1, -0.05) is 44.2 Å². The summed E-state index contributed by atoms with van der Waals surface area (Å²) >= 11 is 0. The van der Waals surface area contributed by atoms with Crippen LogP contribution in [0.2, 0.25) is 0 Å². The Bertz CT molecular complexity index is 1040. The Hall–Kier alpha value is -2.38. The molecule has 7 heteroatoms. The molecule has 1 unspecified atom stereocenters. The Morgan fingerprint density at radius 1 is 0.886 bits per heavy atom. The van der Waals surface area contributed by atoms with Crippen molar-refractivity contribution in [2.24, 2.45) is 10.5 Å². The molecule has 0 bridgehead atoms. The largest absolute Gasteiger partial charge is 0.416 e. The first-order valence-electron chi connectivity index (χ1n) is 12.3. The minimum absolute atomic E-state index is 0.118. The number of benzene rings is 2. The van der Waals surface area contributed by atoms with Gasteiger partial charge in [-0.15, -0.1) is 0 Å². The lowest BCUT2D eigenvalue weighted by Gasteiger charge is -2.52. The van der Waals surface area contributed by atoms with Crippen LogP contribution in [-0.4, -0.2) is 34.5 Å². The molecule has 190 valence electrons. The van der Waals surface area contributed by atoms with Crippen LogP contribution in [0.5, 0.6) is 0 Å². The molecule has 4 nitrogen and oxygen atoms in total. The molecule has 2 aromatic carbocycles. The minimum Gasteiger partial charge on any atom is -0.296 e. The molecule has 0 N–H and O–H groups in total. The van der Waals surface area contributed by atoms with E-state index < -0.39 is 17.2 Å². The van der Waals surface area contributed by atoms with Gasteiger partial charge in [0, 0.05) is 16.5 Å². The second-order valence-corrected chi connectivity index (χ2v) is 11.5. The third kappa shape index (κ3) is 4.98. The zero-order valence-electron chi connectivity index (χ0n) is 21.5. The Labute approximate surface area is 206 Å². The lowest BCUT2D eigenvalue weighted by atomic mass is 9.78. The fourth-order valence-corrected chi connectivity index (χ4v) is 5.59. The number of anilines is 1. The molecule has 0 spiro atoms. The smallest absolute Gasteiger partial charge is 0.296 e. The van der Waals surface area contributed by atoms with Gasteiger partial charge in [-0.25, -0.2) is 0 Å². The summed E-state index contributed by atoms with van der Waals surface area (Å²) in [6, 6.07) is 15.0. The van der Waals surface area contributed by atoms with E-state index in [2.05, 4.69) is 46.6 Å². The van der Waals surface area contributed by atoms with Crippen molar-refractivity contribution < 1.29 is 18.0 Å². The second-order valence-electron chi connectivity index (χ2n) is 11.5. The summed E-state index contributed by atoms with van der Waals surface area (Å²) in [7, 11) is 0. The highest BCUT2D eigenvalue weighted by atomic mass is 19.4. The summed E-state index contributed by atoms with van der Waals surface area (Å²) < 4.78 is 39.6. The van der Waals surface area contributed by atoms with E-state index in [9.17, 15) is 13.2 Å². The van der Waals surface area contributed by atoms with Crippen molar-refractivity contribution in [3.63, 3.8) is 0 Å². The first-order chi connectivity index (χ1) is 16.2. The maximum absolute atomic E-state index is 13.2. The first-order valence-corrected chi connectivity index (χ1v) is 12.3. The summed E-state index contributed by atoms with van der Waals surface area (Å²) in [5, 5.41) is 8.93. The fourth-order valence-electron chi connectivity index (χ4n) is 5.59. The third-order valence-electron chi connectivity index (χ3n) is 7.49. The van der Waals surface area contributed by atoms with Crippen LogP contribution in [0.25, 0.3) is 0 Å². The van der Waals surface area contributed by atoms with Gasteiger partial charge >= 0.3 is 6.18 Å². The molecule has 0 amide bonds. The highest BCUT2D eigenvalue weighted by Gasteiger charge is 2.48. The van der Waals surface area contributed by atoms with Crippen molar-refractivity contribution in [3.05, 3.63) is 65.7 Å². The molecule has 0 aliphatic carbocycles. The minimum atomic E-state index is -4.38. The van der Waals surface area contributed by atoms with Gasteiger partial charge in [-0.2, -0.15) is 23.3 Å². The van der Waals surface area contributed by atoms with E-state index in [1.165, 1.54) is 12.1 Å². The van der Waals surface area contributed by atoms with E-state index in [4.69, 9.17) is 9.94 Å². The summed E-state index contributed by atoms with van der Waals surface area (Å²) in [5.41, 5.74) is 1.19. The number of piperidine rings is 1. The number of rotatable bonds is 5. The van der Waals surface area contributed by atoms with Crippen molar-refractivity contribution in [2.45, 2.75) is 84.1 Å². The van der Waals surface area contributed by atoms with E-state index >= 15 is 0 Å². The Kier molecular flexibility index (Phi) is 6.56. The van der Waals surface area contributed by atoms with Gasteiger partial charge in [0.05, 0.1) is 29.6 Å². The summed E-state index contributed by atoms with van der Waals surface area (Å²) in [4.78, 5) is 6.59. The molecule has 1 saturated heterocycles. The van der Waals surface area contributed by atoms with Crippen molar-refractivity contribution in [3.8, 4) is 0 Å². The fraction of sp³-hybridized carbons (Fsp3) is 0.536. The Morgan fingerprint density at radius 2 is 1.46 bits per heavy atom. The predicted octanol–water partition coefficient (Wildman–Crippen LogP) is 7.30. The Morgan fingerprint density at radius 3 is 2.00 bits per heavy atom. The summed E-state index contributed by atoms with van der Waals surface area (Å²) in [6.45, 7) is 13.4. The average Bonchev–Trinajstić information content (AvgIpc) is 3.03. The van der Waals surface area contributed by atoms with E-state index in [1.54, 1.807) is 0 Å².